The highest BCUT2D eigenvalue weighted by molar-refractivity contribution is 7.07. The minimum Gasteiger partial charge on any atom is -0.429 e. The SMILES string of the molecule is OB(O)B(O)O.c1cncnc1. The van der Waals surface area contributed by atoms with Crippen LogP contribution in [0.3, 0.4) is 0 Å². The van der Waals surface area contributed by atoms with Crippen LogP contribution in [0.15, 0.2) is 24.8 Å². The predicted molar refractivity (Wildman–Crippen MR) is 42.4 cm³/mol. The summed E-state index contributed by atoms with van der Waals surface area (Å²) in [5.74, 6) is 0. The third-order valence-electron chi connectivity index (χ3n) is 0.744. The van der Waals surface area contributed by atoms with Gasteiger partial charge in [0, 0.05) is 12.4 Å². The van der Waals surface area contributed by atoms with Crippen LogP contribution in [0, 0.1) is 0 Å². The smallest absolute Gasteiger partial charge is 0.429 e. The summed E-state index contributed by atoms with van der Waals surface area (Å²) in [7, 11) is -4.07. The molecule has 8 heteroatoms. The number of hydrogen-bond acceptors (Lipinski definition) is 6. The minimum atomic E-state index is -2.04. The molecule has 0 saturated heterocycles. The molecule has 1 rings (SSSR count). The van der Waals surface area contributed by atoms with Gasteiger partial charge in [-0.15, -0.1) is 0 Å². The Bertz CT molecular complexity index is 153. The van der Waals surface area contributed by atoms with Gasteiger partial charge in [0.25, 0.3) is 0 Å². The van der Waals surface area contributed by atoms with E-state index in [0.29, 0.717) is 0 Å². The second-order valence-corrected chi connectivity index (χ2v) is 1.73. The minimum absolute atomic E-state index is 1.50. The Morgan fingerprint density at radius 3 is 1.33 bits per heavy atom. The number of nitrogens with zero attached hydrogens (tertiary/aromatic N) is 2. The van der Waals surface area contributed by atoms with Gasteiger partial charge >= 0.3 is 14.0 Å². The van der Waals surface area contributed by atoms with Crippen LogP contribution in [-0.2, 0) is 0 Å². The van der Waals surface area contributed by atoms with E-state index >= 15 is 0 Å². The number of aromatic nitrogens is 2. The van der Waals surface area contributed by atoms with E-state index in [1.165, 1.54) is 6.33 Å². The summed E-state index contributed by atoms with van der Waals surface area (Å²) in [6.45, 7) is 0. The van der Waals surface area contributed by atoms with E-state index in [4.69, 9.17) is 20.1 Å². The van der Waals surface area contributed by atoms with E-state index in [9.17, 15) is 0 Å². The molecule has 0 spiro atoms. The maximum absolute atomic E-state index is 7.69. The first-order valence-corrected chi connectivity index (χ1v) is 3.07. The summed E-state index contributed by atoms with van der Waals surface area (Å²) in [4.78, 5) is 7.35. The van der Waals surface area contributed by atoms with Crippen molar-refractivity contribution in [1.82, 2.24) is 9.97 Å². The molecule has 4 N–H and O–H groups in total. The largest absolute Gasteiger partial charge is 0.482 e. The molecule has 0 aromatic carbocycles. The zero-order chi connectivity index (χ0) is 9.40. The van der Waals surface area contributed by atoms with Crippen molar-refractivity contribution in [2.75, 3.05) is 0 Å². The van der Waals surface area contributed by atoms with Gasteiger partial charge in [0.1, 0.15) is 6.33 Å². The molecule has 0 saturated carbocycles. The average molecular weight is 170 g/mol. The lowest BCUT2D eigenvalue weighted by atomic mass is 9.50. The molecule has 1 aromatic heterocycles. The zero-order valence-electron chi connectivity index (χ0n) is 6.15. The molecule has 0 aliphatic carbocycles. The molecule has 6 nitrogen and oxygen atoms in total. The molecular formula is C4H8B2N2O4. The van der Waals surface area contributed by atoms with Crippen molar-refractivity contribution in [3.8, 4) is 0 Å². The molecule has 0 aliphatic rings. The van der Waals surface area contributed by atoms with Gasteiger partial charge in [-0.2, -0.15) is 0 Å². The van der Waals surface area contributed by atoms with Gasteiger partial charge in [0.2, 0.25) is 0 Å². The highest BCUT2D eigenvalue weighted by atomic mass is 16.4. The van der Waals surface area contributed by atoms with Crippen molar-refractivity contribution in [1.29, 1.82) is 0 Å². The third-order valence-corrected chi connectivity index (χ3v) is 0.744. The van der Waals surface area contributed by atoms with E-state index in [0.717, 1.165) is 0 Å². The lowest BCUT2D eigenvalue weighted by molar-refractivity contribution is 0.368. The van der Waals surface area contributed by atoms with Crippen LogP contribution in [0.5, 0.6) is 0 Å². The van der Waals surface area contributed by atoms with Crippen molar-refractivity contribution < 1.29 is 20.1 Å². The molecule has 0 bridgehead atoms. The Morgan fingerprint density at radius 1 is 0.833 bits per heavy atom. The van der Waals surface area contributed by atoms with Crippen molar-refractivity contribution in [2.45, 2.75) is 0 Å². The van der Waals surface area contributed by atoms with Crippen molar-refractivity contribution >= 4 is 14.0 Å². The van der Waals surface area contributed by atoms with E-state index in [2.05, 4.69) is 9.97 Å². The quantitative estimate of drug-likeness (QED) is 0.346. The van der Waals surface area contributed by atoms with E-state index in [1.807, 2.05) is 0 Å². The average Bonchev–Trinajstić information content (AvgIpc) is 2.08. The topological polar surface area (TPSA) is 107 Å². The summed E-state index contributed by atoms with van der Waals surface area (Å²) in [5.41, 5.74) is 0. The maximum Gasteiger partial charge on any atom is 0.482 e. The molecule has 12 heavy (non-hydrogen) atoms. The van der Waals surface area contributed by atoms with Crippen molar-refractivity contribution in [3.05, 3.63) is 24.8 Å². The van der Waals surface area contributed by atoms with Gasteiger partial charge in [-0.1, -0.05) is 0 Å². The van der Waals surface area contributed by atoms with Crippen LogP contribution < -0.4 is 0 Å². The van der Waals surface area contributed by atoms with Crippen molar-refractivity contribution in [2.24, 2.45) is 0 Å². The van der Waals surface area contributed by atoms with Crippen LogP contribution >= 0.6 is 0 Å². The summed E-state index contributed by atoms with van der Waals surface area (Å²) in [6.07, 6.45) is 4.88. The molecule has 64 valence electrons. The van der Waals surface area contributed by atoms with Crippen LogP contribution in [0.2, 0.25) is 0 Å². The molecule has 0 aliphatic heterocycles. The molecule has 1 heterocycles. The third kappa shape index (κ3) is 7.16. The summed E-state index contributed by atoms with van der Waals surface area (Å²) >= 11 is 0. The zero-order valence-corrected chi connectivity index (χ0v) is 6.15. The predicted octanol–water partition coefficient (Wildman–Crippen LogP) is -2.51. The molecule has 1 aromatic rings. The summed E-state index contributed by atoms with van der Waals surface area (Å²) < 4.78 is 0. The maximum atomic E-state index is 7.69. The van der Waals surface area contributed by atoms with E-state index in [1.54, 1.807) is 18.5 Å². The van der Waals surface area contributed by atoms with E-state index < -0.39 is 14.0 Å². The molecule has 0 amide bonds. The first-order valence-electron chi connectivity index (χ1n) is 3.07. The number of hydrogen-bond donors (Lipinski definition) is 4. The Balaban J connectivity index is 0.000000202. The highest BCUT2D eigenvalue weighted by Crippen LogP contribution is 1.66. The monoisotopic (exact) mass is 170 g/mol. The van der Waals surface area contributed by atoms with Crippen molar-refractivity contribution in [3.63, 3.8) is 0 Å². The van der Waals surface area contributed by atoms with Crippen LogP contribution in [-0.4, -0.2) is 44.1 Å². The molecular weight excluding hydrogens is 162 g/mol. The van der Waals surface area contributed by atoms with Crippen LogP contribution in [0.25, 0.3) is 0 Å². The van der Waals surface area contributed by atoms with Gasteiger partial charge in [0.15, 0.2) is 0 Å². The first-order chi connectivity index (χ1) is 5.64. The van der Waals surface area contributed by atoms with Crippen LogP contribution in [0.4, 0.5) is 0 Å². The Labute approximate surface area is 69.8 Å². The molecule has 0 unspecified atom stereocenters. The fourth-order valence-electron chi connectivity index (χ4n) is 0.253. The Kier molecular flexibility index (Phi) is 6.21. The molecule has 0 fully saturated rings. The molecule has 0 radical (unpaired) electrons. The van der Waals surface area contributed by atoms with Gasteiger partial charge in [-0.3, -0.25) is 0 Å². The second-order valence-electron chi connectivity index (χ2n) is 1.73. The molecule has 0 atom stereocenters. The lowest BCUT2D eigenvalue weighted by Gasteiger charge is -1.89. The fourth-order valence-corrected chi connectivity index (χ4v) is 0.253. The number of rotatable bonds is 1. The Morgan fingerprint density at radius 2 is 1.25 bits per heavy atom. The van der Waals surface area contributed by atoms with Gasteiger partial charge < -0.3 is 20.1 Å². The second kappa shape index (κ2) is 6.74. The standard InChI is InChI=1S/C4H4N2.B2H4O4/c1-2-5-4-6-3-1;3-1(4)2(5)6/h1-4H;3-6H. The summed E-state index contributed by atoms with van der Waals surface area (Å²) in [6, 6.07) is 1.78. The fraction of sp³-hybridized carbons (Fsp3) is 0. The van der Waals surface area contributed by atoms with Gasteiger partial charge in [0.05, 0.1) is 0 Å². The first kappa shape index (κ1) is 11.0. The highest BCUT2D eigenvalue weighted by Gasteiger charge is 2.23. The summed E-state index contributed by atoms with van der Waals surface area (Å²) in [5, 5.41) is 30.7. The van der Waals surface area contributed by atoms with Gasteiger partial charge in [-0.05, 0) is 6.07 Å². The Hall–Kier alpha value is -0.950. The lowest BCUT2D eigenvalue weighted by Crippen LogP contribution is -2.35. The normalized spacial score (nSPS) is 8.00. The van der Waals surface area contributed by atoms with E-state index in [-0.39, 0.29) is 0 Å². The van der Waals surface area contributed by atoms with Gasteiger partial charge in [-0.25, -0.2) is 9.97 Å². The van der Waals surface area contributed by atoms with Crippen LogP contribution in [0.1, 0.15) is 0 Å².